The minimum Gasteiger partial charge on any atom is -0.366 e. The Balaban J connectivity index is 2.24. The molecule has 0 amide bonds. The van der Waals surface area contributed by atoms with Gasteiger partial charge in [0.2, 0.25) is 0 Å². The molecular formula is C14H19BrFN3O2. The van der Waals surface area contributed by atoms with Gasteiger partial charge in [-0.05, 0) is 54.7 Å². The van der Waals surface area contributed by atoms with Crippen LogP contribution in [0, 0.1) is 15.9 Å². The summed E-state index contributed by atoms with van der Waals surface area (Å²) in [4.78, 5) is 12.5. The highest BCUT2D eigenvalue weighted by atomic mass is 79.9. The number of benzene rings is 1. The summed E-state index contributed by atoms with van der Waals surface area (Å²) in [5, 5.41) is 14.4. The van der Waals surface area contributed by atoms with E-state index >= 15 is 0 Å². The average Bonchev–Trinajstić information content (AvgIpc) is 2.48. The van der Waals surface area contributed by atoms with Crippen molar-refractivity contribution in [3.63, 3.8) is 0 Å². The number of hydrogen-bond acceptors (Lipinski definition) is 4. The molecule has 1 aromatic rings. The van der Waals surface area contributed by atoms with E-state index in [-0.39, 0.29) is 16.2 Å². The highest BCUT2D eigenvalue weighted by Gasteiger charge is 2.28. The largest absolute Gasteiger partial charge is 0.366 e. The molecule has 0 saturated heterocycles. The van der Waals surface area contributed by atoms with Crippen molar-refractivity contribution >= 4 is 27.3 Å². The van der Waals surface area contributed by atoms with Crippen LogP contribution in [0.15, 0.2) is 16.6 Å². The maximum atomic E-state index is 13.5. The molecular weight excluding hydrogens is 341 g/mol. The Bertz CT molecular complexity index is 533. The van der Waals surface area contributed by atoms with Crippen LogP contribution >= 0.6 is 15.9 Å². The molecule has 1 N–H and O–H groups in total. The third-order valence-corrected chi connectivity index (χ3v) is 4.85. The monoisotopic (exact) mass is 359 g/mol. The molecule has 21 heavy (non-hydrogen) atoms. The van der Waals surface area contributed by atoms with Gasteiger partial charge in [0.25, 0.3) is 5.69 Å². The zero-order chi connectivity index (χ0) is 15.6. The van der Waals surface area contributed by atoms with Crippen LogP contribution in [0.5, 0.6) is 0 Å². The molecule has 1 aromatic carbocycles. The molecule has 0 atom stereocenters. The maximum absolute atomic E-state index is 13.5. The van der Waals surface area contributed by atoms with Gasteiger partial charge in [0.15, 0.2) is 0 Å². The predicted octanol–water partition coefficient (Wildman–Crippen LogP) is 3.46. The fourth-order valence-electron chi connectivity index (χ4n) is 2.90. The van der Waals surface area contributed by atoms with Gasteiger partial charge >= 0.3 is 0 Å². The first-order valence-corrected chi connectivity index (χ1v) is 7.77. The summed E-state index contributed by atoms with van der Waals surface area (Å²) in [6.45, 7) is 0. The Labute approximate surface area is 131 Å². The van der Waals surface area contributed by atoms with Gasteiger partial charge in [0.1, 0.15) is 11.5 Å². The lowest BCUT2D eigenvalue weighted by molar-refractivity contribution is -0.384. The van der Waals surface area contributed by atoms with Crippen molar-refractivity contribution < 1.29 is 9.31 Å². The molecule has 0 aliphatic heterocycles. The first-order valence-electron chi connectivity index (χ1n) is 6.97. The van der Waals surface area contributed by atoms with Crippen LogP contribution in [0.25, 0.3) is 0 Å². The van der Waals surface area contributed by atoms with Crippen LogP contribution in [0.1, 0.15) is 25.7 Å². The Hall–Kier alpha value is -1.21. The van der Waals surface area contributed by atoms with Crippen LogP contribution in [0.2, 0.25) is 0 Å². The molecule has 7 heteroatoms. The van der Waals surface area contributed by atoms with Gasteiger partial charge in [-0.25, -0.2) is 4.39 Å². The summed E-state index contributed by atoms with van der Waals surface area (Å²) in [5.41, 5.74) is 0.273. The molecule has 1 fully saturated rings. The van der Waals surface area contributed by atoms with Gasteiger partial charge in [-0.1, -0.05) is 0 Å². The number of nitrogens with one attached hydrogen (secondary N) is 1. The van der Waals surface area contributed by atoms with E-state index in [4.69, 9.17) is 0 Å². The molecule has 0 unspecified atom stereocenters. The Morgan fingerprint density at radius 2 is 2.00 bits per heavy atom. The lowest BCUT2D eigenvalue weighted by atomic mass is 9.90. The molecule has 0 radical (unpaired) electrons. The van der Waals surface area contributed by atoms with Gasteiger partial charge in [-0.3, -0.25) is 10.1 Å². The first-order chi connectivity index (χ1) is 9.93. The van der Waals surface area contributed by atoms with Crippen molar-refractivity contribution in [2.24, 2.45) is 0 Å². The van der Waals surface area contributed by atoms with Gasteiger partial charge in [0.05, 0.1) is 15.5 Å². The quantitative estimate of drug-likeness (QED) is 0.660. The maximum Gasteiger partial charge on any atom is 0.295 e. The van der Waals surface area contributed by atoms with E-state index in [2.05, 4.69) is 21.2 Å². The zero-order valence-corrected chi connectivity index (χ0v) is 13.7. The van der Waals surface area contributed by atoms with E-state index in [0.717, 1.165) is 31.7 Å². The van der Waals surface area contributed by atoms with Crippen molar-refractivity contribution in [3.05, 3.63) is 32.5 Å². The minimum atomic E-state index is -0.613. The lowest BCUT2D eigenvalue weighted by Gasteiger charge is -2.35. The van der Waals surface area contributed by atoms with Crippen LogP contribution in [0.3, 0.4) is 0 Å². The van der Waals surface area contributed by atoms with Crippen molar-refractivity contribution in [2.45, 2.75) is 37.8 Å². The molecule has 1 saturated carbocycles. The van der Waals surface area contributed by atoms with Crippen LogP contribution < -0.4 is 10.2 Å². The minimum absolute atomic E-state index is 0.186. The van der Waals surface area contributed by atoms with Gasteiger partial charge < -0.3 is 10.2 Å². The summed E-state index contributed by atoms with van der Waals surface area (Å²) in [6, 6.07) is 3.24. The second-order valence-electron chi connectivity index (χ2n) is 5.42. The third-order valence-electron chi connectivity index (χ3n) is 4.25. The Kier molecular flexibility index (Phi) is 5.16. The average molecular weight is 360 g/mol. The van der Waals surface area contributed by atoms with Crippen LogP contribution in [-0.4, -0.2) is 31.1 Å². The molecule has 116 valence electrons. The van der Waals surface area contributed by atoms with Crippen molar-refractivity contribution in [1.82, 2.24) is 5.32 Å². The predicted molar refractivity (Wildman–Crippen MR) is 84.3 cm³/mol. The van der Waals surface area contributed by atoms with E-state index in [1.807, 2.05) is 19.0 Å². The number of rotatable bonds is 4. The summed E-state index contributed by atoms with van der Waals surface area (Å²) in [5.74, 6) is -0.613. The summed E-state index contributed by atoms with van der Waals surface area (Å²) in [7, 11) is 3.80. The topological polar surface area (TPSA) is 58.4 Å². The zero-order valence-electron chi connectivity index (χ0n) is 12.1. The van der Waals surface area contributed by atoms with E-state index in [1.54, 1.807) is 0 Å². The highest BCUT2D eigenvalue weighted by molar-refractivity contribution is 9.10. The number of nitro groups is 1. The fourth-order valence-corrected chi connectivity index (χ4v) is 3.23. The molecule has 0 aromatic heterocycles. The SMILES string of the molecule is CNC1CCC(N(C)c2cc(Br)c(F)cc2[N+](=O)[O-])CC1. The van der Waals surface area contributed by atoms with Gasteiger partial charge in [0, 0.05) is 19.1 Å². The van der Waals surface area contributed by atoms with Gasteiger partial charge in [-0.2, -0.15) is 0 Å². The highest BCUT2D eigenvalue weighted by Crippen LogP contribution is 2.36. The molecule has 0 bridgehead atoms. The Morgan fingerprint density at radius 1 is 1.38 bits per heavy atom. The van der Waals surface area contributed by atoms with E-state index in [0.29, 0.717) is 11.7 Å². The number of nitrogens with zero attached hydrogens (tertiary/aromatic N) is 2. The summed E-state index contributed by atoms with van der Waals surface area (Å²) < 4.78 is 13.8. The smallest absolute Gasteiger partial charge is 0.295 e. The fraction of sp³-hybridized carbons (Fsp3) is 0.571. The molecule has 0 spiro atoms. The van der Waals surface area contributed by atoms with Crippen molar-refractivity contribution in [2.75, 3.05) is 19.0 Å². The number of nitro benzene ring substituents is 1. The standard InChI is InChI=1S/C14H19BrFN3O2/c1-17-9-3-5-10(6-4-9)18(2)13-7-11(15)12(16)8-14(13)19(20)21/h7-10,17H,3-6H2,1-2H3. The molecule has 5 nitrogen and oxygen atoms in total. The molecule has 1 aliphatic rings. The van der Waals surface area contributed by atoms with E-state index in [1.165, 1.54) is 6.07 Å². The second kappa shape index (κ2) is 6.70. The van der Waals surface area contributed by atoms with E-state index < -0.39 is 10.7 Å². The van der Waals surface area contributed by atoms with Crippen molar-refractivity contribution in [3.8, 4) is 0 Å². The molecule has 1 aliphatic carbocycles. The number of halogens is 2. The summed E-state index contributed by atoms with van der Waals surface area (Å²) >= 11 is 3.11. The lowest BCUT2D eigenvalue weighted by Crippen LogP contribution is -2.40. The van der Waals surface area contributed by atoms with Crippen molar-refractivity contribution in [1.29, 1.82) is 0 Å². The number of hydrogen-bond donors (Lipinski definition) is 1. The normalized spacial score (nSPS) is 22.1. The molecule has 0 heterocycles. The Morgan fingerprint density at radius 3 is 2.52 bits per heavy atom. The van der Waals surface area contributed by atoms with Crippen LogP contribution in [-0.2, 0) is 0 Å². The third kappa shape index (κ3) is 3.52. The van der Waals surface area contributed by atoms with E-state index in [9.17, 15) is 14.5 Å². The molecule has 2 rings (SSSR count). The first kappa shape index (κ1) is 16.2. The van der Waals surface area contributed by atoms with Gasteiger partial charge in [-0.15, -0.1) is 0 Å². The second-order valence-corrected chi connectivity index (χ2v) is 6.27. The number of anilines is 1. The summed E-state index contributed by atoms with van der Waals surface area (Å²) in [6.07, 6.45) is 4.02. The van der Waals surface area contributed by atoms with Crippen LogP contribution in [0.4, 0.5) is 15.8 Å².